The van der Waals surface area contributed by atoms with E-state index in [-0.39, 0.29) is 5.82 Å². The maximum absolute atomic E-state index is 12.8. The van der Waals surface area contributed by atoms with Gasteiger partial charge in [0.05, 0.1) is 12.7 Å². The van der Waals surface area contributed by atoms with E-state index in [9.17, 15) is 4.39 Å². The maximum Gasteiger partial charge on any atom is 0.182 e. The van der Waals surface area contributed by atoms with Crippen molar-refractivity contribution < 1.29 is 4.39 Å². The summed E-state index contributed by atoms with van der Waals surface area (Å²) in [7, 11) is 0. The van der Waals surface area contributed by atoms with E-state index in [1.165, 1.54) is 12.3 Å². The number of nitrogens with one attached hydrogen (secondary N) is 1. The first-order valence-electron chi connectivity index (χ1n) is 5.51. The van der Waals surface area contributed by atoms with Crippen LogP contribution in [0.5, 0.6) is 0 Å². The summed E-state index contributed by atoms with van der Waals surface area (Å²) in [5.74, 6) is 1.25. The third-order valence-electron chi connectivity index (χ3n) is 2.85. The minimum absolute atomic E-state index is 0.345. The molecule has 0 aromatic carbocycles. The fourth-order valence-electron chi connectivity index (χ4n) is 1.96. The molecule has 1 aliphatic rings. The fourth-order valence-corrected chi connectivity index (χ4v) is 1.96. The number of rotatable bonds is 1. The van der Waals surface area contributed by atoms with Crippen LogP contribution < -0.4 is 5.32 Å². The van der Waals surface area contributed by atoms with E-state index in [1.54, 1.807) is 6.07 Å². The van der Waals surface area contributed by atoms with Gasteiger partial charge in [0.2, 0.25) is 0 Å². The molecule has 0 bridgehead atoms. The van der Waals surface area contributed by atoms with E-state index in [4.69, 9.17) is 0 Å². The number of aromatic nitrogens is 4. The molecule has 88 valence electrons. The van der Waals surface area contributed by atoms with Crippen molar-refractivity contribution in [1.82, 2.24) is 25.1 Å². The Morgan fingerprint density at radius 3 is 3.06 bits per heavy atom. The largest absolute Gasteiger partial charge is 0.307 e. The highest BCUT2D eigenvalue weighted by molar-refractivity contribution is 5.49. The normalized spacial score (nSPS) is 19.1. The van der Waals surface area contributed by atoms with Gasteiger partial charge in [0.15, 0.2) is 5.82 Å². The van der Waals surface area contributed by atoms with Crippen LogP contribution in [0.2, 0.25) is 0 Å². The van der Waals surface area contributed by atoms with Gasteiger partial charge in [0.1, 0.15) is 17.3 Å². The Morgan fingerprint density at radius 2 is 2.29 bits per heavy atom. The summed E-state index contributed by atoms with van der Waals surface area (Å²) in [6.07, 6.45) is 1.20. The Labute approximate surface area is 97.7 Å². The van der Waals surface area contributed by atoms with Gasteiger partial charge in [-0.2, -0.15) is 0 Å². The van der Waals surface area contributed by atoms with E-state index in [1.807, 2.05) is 4.57 Å². The van der Waals surface area contributed by atoms with Crippen molar-refractivity contribution in [1.29, 1.82) is 0 Å². The molecule has 0 unspecified atom stereocenters. The van der Waals surface area contributed by atoms with Crippen LogP contribution >= 0.6 is 0 Å². The van der Waals surface area contributed by atoms with Crippen molar-refractivity contribution in [3.63, 3.8) is 0 Å². The molecule has 1 N–H and O–H groups in total. The standard InChI is InChI=1S/C11H12FN5/c1-7-6-17-10(5-13-7)15-16-11(17)9-3-2-8(12)4-14-9/h2-4,7,13H,5-6H2,1H3/t7-/m0/s1. The van der Waals surface area contributed by atoms with E-state index < -0.39 is 0 Å². The monoisotopic (exact) mass is 233 g/mol. The molecule has 17 heavy (non-hydrogen) atoms. The number of hydrogen-bond donors (Lipinski definition) is 1. The second-order valence-electron chi connectivity index (χ2n) is 4.19. The minimum atomic E-state index is -0.345. The van der Waals surface area contributed by atoms with Crippen molar-refractivity contribution in [2.45, 2.75) is 26.1 Å². The first kappa shape index (κ1) is 10.3. The Kier molecular flexibility index (Phi) is 2.36. The van der Waals surface area contributed by atoms with Crippen LogP contribution in [-0.2, 0) is 13.1 Å². The Morgan fingerprint density at radius 1 is 1.41 bits per heavy atom. The quantitative estimate of drug-likeness (QED) is 0.797. The topological polar surface area (TPSA) is 55.6 Å². The van der Waals surface area contributed by atoms with E-state index in [0.717, 1.165) is 12.4 Å². The van der Waals surface area contributed by atoms with Crippen LogP contribution in [0.25, 0.3) is 11.5 Å². The smallest absolute Gasteiger partial charge is 0.182 e. The lowest BCUT2D eigenvalue weighted by atomic mass is 10.2. The molecule has 0 fully saturated rings. The summed E-state index contributed by atoms with van der Waals surface area (Å²) in [6, 6.07) is 3.38. The van der Waals surface area contributed by atoms with Gasteiger partial charge in [-0.25, -0.2) is 9.37 Å². The van der Waals surface area contributed by atoms with Gasteiger partial charge in [-0.1, -0.05) is 0 Å². The minimum Gasteiger partial charge on any atom is -0.307 e. The van der Waals surface area contributed by atoms with Crippen LogP contribution in [0.15, 0.2) is 18.3 Å². The van der Waals surface area contributed by atoms with Crippen LogP contribution in [0.3, 0.4) is 0 Å². The highest BCUT2D eigenvalue weighted by Crippen LogP contribution is 2.18. The third kappa shape index (κ3) is 1.80. The average molecular weight is 233 g/mol. The molecule has 0 radical (unpaired) electrons. The zero-order valence-corrected chi connectivity index (χ0v) is 9.39. The second-order valence-corrected chi connectivity index (χ2v) is 4.19. The number of halogens is 1. The van der Waals surface area contributed by atoms with E-state index >= 15 is 0 Å². The molecular weight excluding hydrogens is 221 g/mol. The molecular formula is C11H12FN5. The number of fused-ring (bicyclic) bond motifs is 1. The SMILES string of the molecule is C[C@H]1Cn2c(nnc2-c2ccc(F)cn2)CN1. The average Bonchev–Trinajstić information content (AvgIpc) is 2.73. The van der Waals surface area contributed by atoms with Crippen molar-refractivity contribution >= 4 is 0 Å². The van der Waals surface area contributed by atoms with Gasteiger partial charge in [-0.15, -0.1) is 10.2 Å². The molecule has 1 aliphatic heterocycles. The lowest BCUT2D eigenvalue weighted by molar-refractivity contribution is 0.412. The van der Waals surface area contributed by atoms with Crippen LogP contribution in [0.1, 0.15) is 12.7 Å². The van der Waals surface area contributed by atoms with Crippen LogP contribution in [0.4, 0.5) is 4.39 Å². The van der Waals surface area contributed by atoms with E-state index in [2.05, 4.69) is 27.4 Å². The van der Waals surface area contributed by atoms with Gasteiger partial charge in [0.25, 0.3) is 0 Å². The molecule has 2 aromatic heterocycles. The fraction of sp³-hybridized carbons (Fsp3) is 0.364. The zero-order chi connectivity index (χ0) is 11.8. The van der Waals surface area contributed by atoms with Crippen molar-refractivity contribution in [3.8, 4) is 11.5 Å². The lowest BCUT2D eigenvalue weighted by Crippen LogP contribution is -2.36. The number of nitrogens with zero attached hydrogens (tertiary/aromatic N) is 4. The molecule has 0 amide bonds. The highest BCUT2D eigenvalue weighted by Gasteiger charge is 2.20. The Balaban J connectivity index is 2.04. The summed E-state index contributed by atoms with van der Waals surface area (Å²) in [5.41, 5.74) is 0.652. The second kappa shape index (κ2) is 3.89. The molecule has 3 heterocycles. The Bertz CT molecular complexity index is 533. The van der Waals surface area contributed by atoms with Gasteiger partial charge >= 0.3 is 0 Å². The maximum atomic E-state index is 12.8. The molecule has 0 saturated heterocycles. The summed E-state index contributed by atoms with van der Waals surface area (Å²) in [6.45, 7) is 3.61. The van der Waals surface area contributed by atoms with Gasteiger partial charge in [-0.05, 0) is 19.1 Å². The molecule has 0 saturated carbocycles. The van der Waals surface area contributed by atoms with Crippen molar-refractivity contribution in [3.05, 3.63) is 30.0 Å². The summed E-state index contributed by atoms with van der Waals surface area (Å²) >= 11 is 0. The molecule has 1 atom stereocenters. The zero-order valence-electron chi connectivity index (χ0n) is 9.39. The van der Waals surface area contributed by atoms with Gasteiger partial charge in [-0.3, -0.25) is 0 Å². The van der Waals surface area contributed by atoms with Crippen molar-refractivity contribution in [2.75, 3.05) is 0 Å². The molecule has 0 aliphatic carbocycles. The predicted octanol–water partition coefficient (Wildman–Crippen LogP) is 0.971. The summed E-state index contributed by atoms with van der Waals surface area (Å²) in [5, 5.41) is 11.5. The summed E-state index contributed by atoms with van der Waals surface area (Å²) < 4.78 is 14.8. The molecule has 5 nitrogen and oxygen atoms in total. The van der Waals surface area contributed by atoms with E-state index in [0.29, 0.717) is 24.1 Å². The molecule has 3 rings (SSSR count). The number of hydrogen-bond acceptors (Lipinski definition) is 4. The summed E-state index contributed by atoms with van der Waals surface area (Å²) in [4.78, 5) is 4.04. The molecule has 0 spiro atoms. The molecule has 6 heteroatoms. The number of pyridine rings is 1. The third-order valence-corrected chi connectivity index (χ3v) is 2.85. The predicted molar refractivity (Wildman–Crippen MR) is 59.5 cm³/mol. The van der Waals surface area contributed by atoms with Crippen LogP contribution in [-0.4, -0.2) is 25.8 Å². The lowest BCUT2D eigenvalue weighted by Gasteiger charge is -2.22. The van der Waals surface area contributed by atoms with Crippen LogP contribution in [0, 0.1) is 5.82 Å². The Hall–Kier alpha value is -1.82. The van der Waals surface area contributed by atoms with Gasteiger partial charge < -0.3 is 9.88 Å². The highest BCUT2D eigenvalue weighted by atomic mass is 19.1. The first-order valence-corrected chi connectivity index (χ1v) is 5.51. The molecule has 2 aromatic rings. The van der Waals surface area contributed by atoms with Gasteiger partial charge in [0, 0.05) is 12.6 Å². The first-order chi connectivity index (χ1) is 8.24. The van der Waals surface area contributed by atoms with Crippen molar-refractivity contribution in [2.24, 2.45) is 0 Å².